The second kappa shape index (κ2) is 15.5. The molecule has 0 fully saturated rings. The van der Waals surface area contributed by atoms with Gasteiger partial charge >= 0.3 is 0 Å². The fraction of sp³-hybridized carbons (Fsp3) is 0.278. The first-order valence-corrected chi connectivity index (χ1v) is 16.5. The third kappa shape index (κ3) is 8.94. The molecule has 2 amide bonds. The third-order valence-corrected chi connectivity index (χ3v) is 9.23. The highest BCUT2D eigenvalue weighted by molar-refractivity contribution is 7.92. The monoisotopic (exact) mass is 645 g/mol. The number of sulfonamides is 1. The van der Waals surface area contributed by atoms with Crippen LogP contribution in [0.2, 0.25) is 0 Å². The predicted octanol–water partition coefficient (Wildman–Crippen LogP) is 5.75. The molecule has 0 aromatic heterocycles. The van der Waals surface area contributed by atoms with Crippen molar-refractivity contribution in [1.82, 2.24) is 10.2 Å². The Balaban J connectivity index is 1.80. The van der Waals surface area contributed by atoms with Crippen LogP contribution in [0.5, 0.6) is 5.75 Å². The Labute approximate surface area is 270 Å². The number of amides is 2. The van der Waals surface area contributed by atoms with E-state index in [1.807, 2.05) is 57.2 Å². The lowest BCUT2D eigenvalue weighted by Gasteiger charge is -2.34. The van der Waals surface area contributed by atoms with Gasteiger partial charge < -0.3 is 15.0 Å². The highest BCUT2D eigenvalue weighted by Gasteiger charge is 2.34. The highest BCUT2D eigenvalue weighted by Crippen LogP contribution is 2.26. The van der Waals surface area contributed by atoms with E-state index >= 15 is 0 Å². The Kier molecular flexibility index (Phi) is 11.5. The second-order valence-corrected chi connectivity index (χ2v) is 13.4. The minimum absolute atomic E-state index is 0.00443. The molecule has 0 spiro atoms. The number of nitrogens with one attached hydrogen (secondary N) is 1. The lowest BCUT2D eigenvalue weighted by molar-refractivity contribution is -0.140. The van der Waals surface area contributed by atoms with Crippen LogP contribution in [-0.4, -0.2) is 51.4 Å². The molecule has 0 saturated heterocycles. The summed E-state index contributed by atoms with van der Waals surface area (Å²) in [6.45, 7) is 5.56. The van der Waals surface area contributed by atoms with Crippen LogP contribution >= 0.6 is 0 Å². The van der Waals surface area contributed by atoms with Crippen molar-refractivity contribution in [2.24, 2.45) is 5.92 Å². The summed E-state index contributed by atoms with van der Waals surface area (Å²) in [5.74, 6) is -0.778. The van der Waals surface area contributed by atoms with Crippen LogP contribution in [-0.2, 0) is 32.6 Å². The number of benzene rings is 4. The number of methoxy groups -OCH3 is 1. The summed E-state index contributed by atoms with van der Waals surface area (Å²) in [6.07, 6.45) is 0.196. The number of nitrogens with zero attached hydrogens (tertiary/aromatic N) is 2. The molecule has 1 N–H and O–H groups in total. The molecule has 0 radical (unpaired) electrons. The Bertz CT molecular complexity index is 1710. The van der Waals surface area contributed by atoms with E-state index in [2.05, 4.69) is 5.32 Å². The maximum atomic E-state index is 14.5. The van der Waals surface area contributed by atoms with E-state index in [1.165, 1.54) is 36.3 Å². The van der Waals surface area contributed by atoms with Crippen molar-refractivity contribution in [3.63, 3.8) is 0 Å². The fourth-order valence-electron chi connectivity index (χ4n) is 4.92. The molecular formula is C36H40FN3O5S. The first kappa shape index (κ1) is 34.2. The van der Waals surface area contributed by atoms with E-state index in [9.17, 15) is 22.4 Å². The number of carbonyl (C=O) groups excluding carboxylic acids is 2. The molecule has 10 heteroatoms. The van der Waals surface area contributed by atoms with Crippen LogP contribution < -0.4 is 14.4 Å². The van der Waals surface area contributed by atoms with Crippen molar-refractivity contribution in [2.75, 3.05) is 24.5 Å². The molecule has 4 aromatic rings. The Hall–Kier alpha value is -4.70. The summed E-state index contributed by atoms with van der Waals surface area (Å²) in [5.41, 5.74) is 2.50. The van der Waals surface area contributed by atoms with Gasteiger partial charge in [-0.2, -0.15) is 0 Å². The SMILES string of the molecule is COc1cccc(CN(C(=O)CN(c2ccc(F)cc2)S(=O)(=O)c2ccc(C)cc2)[C@@H](Cc2ccccc2)C(=O)NCC(C)C)c1. The van der Waals surface area contributed by atoms with Gasteiger partial charge in [0.1, 0.15) is 24.2 Å². The number of halogens is 1. The summed E-state index contributed by atoms with van der Waals surface area (Å²) < 4.78 is 48.4. The molecule has 1 atom stereocenters. The molecule has 4 rings (SSSR count). The lowest BCUT2D eigenvalue weighted by atomic mass is 10.0. The molecule has 0 heterocycles. The zero-order valence-corrected chi connectivity index (χ0v) is 27.3. The first-order chi connectivity index (χ1) is 22.0. The van der Waals surface area contributed by atoms with E-state index in [4.69, 9.17) is 4.74 Å². The maximum absolute atomic E-state index is 14.5. The van der Waals surface area contributed by atoms with E-state index in [-0.39, 0.29) is 35.4 Å². The van der Waals surface area contributed by atoms with Gasteiger partial charge in [-0.3, -0.25) is 13.9 Å². The maximum Gasteiger partial charge on any atom is 0.264 e. The standard InChI is InChI=1S/C36H40FN3O5S/c1-26(2)23-38-36(42)34(22-28-9-6-5-7-10-28)39(24-29-11-8-12-32(21-29)45-4)35(41)25-40(31-17-15-30(37)16-18-31)46(43,44)33-19-13-27(3)14-20-33/h5-21,26,34H,22-25H2,1-4H3,(H,38,42)/t34-/m0/s1. The van der Waals surface area contributed by atoms with E-state index < -0.39 is 34.3 Å². The molecule has 8 nitrogen and oxygen atoms in total. The van der Waals surface area contributed by atoms with Crippen LogP contribution in [0.25, 0.3) is 0 Å². The summed E-state index contributed by atoms with van der Waals surface area (Å²) in [6, 6.07) is 26.7. The zero-order chi connectivity index (χ0) is 33.3. The van der Waals surface area contributed by atoms with Crippen molar-refractivity contribution < 1.29 is 27.1 Å². The number of rotatable bonds is 14. The van der Waals surface area contributed by atoms with Gasteiger partial charge in [0.2, 0.25) is 11.8 Å². The number of carbonyl (C=O) groups is 2. The van der Waals surface area contributed by atoms with Gasteiger partial charge in [0.15, 0.2) is 0 Å². The lowest BCUT2D eigenvalue weighted by Crippen LogP contribution is -2.53. The zero-order valence-electron chi connectivity index (χ0n) is 26.5. The molecule has 4 aromatic carbocycles. The van der Waals surface area contributed by atoms with Crippen LogP contribution in [0.3, 0.4) is 0 Å². The van der Waals surface area contributed by atoms with E-state index in [0.29, 0.717) is 17.9 Å². The quantitative estimate of drug-likeness (QED) is 0.189. The van der Waals surface area contributed by atoms with Gasteiger partial charge in [0.25, 0.3) is 10.0 Å². The number of aryl methyl sites for hydroxylation is 1. The van der Waals surface area contributed by atoms with Gasteiger partial charge in [-0.25, -0.2) is 12.8 Å². The van der Waals surface area contributed by atoms with Gasteiger partial charge in [0.05, 0.1) is 17.7 Å². The number of ether oxygens (including phenoxy) is 1. The van der Waals surface area contributed by atoms with Gasteiger partial charge in [-0.15, -0.1) is 0 Å². The Morgan fingerprint density at radius 3 is 2.15 bits per heavy atom. The minimum Gasteiger partial charge on any atom is -0.497 e. The normalized spacial score (nSPS) is 12.0. The number of hydrogen-bond donors (Lipinski definition) is 1. The van der Waals surface area contributed by atoms with Gasteiger partial charge in [-0.05, 0) is 72.5 Å². The summed E-state index contributed by atoms with van der Waals surface area (Å²) in [7, 11) is -2.74. The molecule has 0 aliphatic rings. The fourth-order valence-corrected chi connectivity index (χ4v) is 6.33. The topological polar surface area (TPSA) is 96.0 Å². The molecule has 0 unspecified atom stereocenters. The van der Waals surface area contributed by atoms with Crippen LogP contribution in [0.4, 0.5) is 10.1 Å². The van der Waals surface area contributed by atoms with Crippen molar-refractivity contribution in [1.29, 1.82) is 0 Å². The average molecular weight is 646 g/mol. The van der Waals surface area contributed by atoms with Crippen molar-refractivity contribution >= 4 is 27.5 Å². The van der Waals surface area contributed by atoms with Gasteiger partial charge in [0, 0.05) is 19.5 Å². The number of anilines is 1. The molecular weight excluding hydrogens is 605 g/mol. The summed E-state index contributed by atoms with van der Waals surface area (Å²) in [4.78, 5) is 29.7. The molecule has 0 aliphatic carbocycles. The van der Waals surface area contributed by atoms with Crippen LogP contribution in [0, 0.1) is 18.7 Å². The smallest absolute Gasteiger partial charge is 0.264 e. The molecule has 46 heavy (non-hydrogen) atoms. The van der Waals surface area contributed by atoms with Crippen molar-refractivity contribution in [3.05, 3.63) is 126 Å². The van der Waals surface area contributed by atoms with Crippen LogP contribution in [0.1, 0.15) is 30.5 Å². The largest absolute Gasteiger partial charge is 0.497 e. The van der Waals surface area contributed by atoms with Crippen molar-refractivity contribution in [3.8, 4) is 5.75 Å². The Morgan fingerprint density at radius 1 is 0.870 bits per heavy atom. The summed E-state index contributed by atoms with van der Waals surface area (Å²) >= 11 is 0. The van der Waals surface area contributed by atoms with Gasteiger partial charge in [-0.1, -0.05) is 74.0 Å². The molecule has 0 aliphatic heterocycles. The third-order valence-electron chi connectivity index (χ3n) is 7.45. The molecule has 242 valence electrons. The van der Waals surface area contributed by atoms with E-state index in [1.54, 1.807) is 30.3 Å². The summed E-state index contributed by atoms with van der Waals surface area (Å²) in [5, 5.41) is 2.97. The first-order valence-electron chi connectivity index (χ1n) is 15.1. The predicted molar refractivity (Wildman–Crippen MR) is 177 cm³/mol. The molecule has 0 bridgehead atoms. The second-order valence-electron chi connectivity index (χ2n) is 11.5. The van der Waals surface area contributed by atoms with Crippen molar-refractivity contribution in [2.45, 2.75) is 44.7 Å². The number of hydrogen-bond acceptors (Lipinski definition) is 5. The highest BCUT2D eigenvalue weighted by atomic mass is 32.2. The van der Waals surface area contributed by atoms with E-state index in [0.717, 1.165) is 27.6 Å². The minimum atomic E-state index is -4.28. The average Bonchev–Trinajstić information content (AvgIpc) is 3.05. The van der Waals surface area contributed by atoms with Crippen LogP contribution in [0.15, 0.2) is 108 Å². The Morgan fingerprint density at radius 2 is 1.52 bits per heavy atom. The molecule has 0 saturated carbocycles.